The second kappa shape index (κ2) is 8.23. The van der Waals surface area contributed by atoms with Crippen molar-refractivity contribution in [2.24, 2.45) is 11.3 Å². The largest absolute Gasteiger partial charge is 0.393 e. The third-order valence-corrected chi connectivity index (χ3v) is 4.81. The zero-order valence-electron chi connectivity index (χ0n) is 13.4. The molecule has 0 spiro atoms. The summed E-state index contributed by atoms with van der Waals surface area (Å²) in [5.74, 6) is 0.718. The van der Waals surface area contributed by atoms with Crippen LogP contribution in [0.25, 0.3) is 0 Å². The standard InChI is InChI=1S/C16H34N2O/c1-5-8-17-12-16(6-2,7-3)13-18(4)11-14-9-15(19)10-14/h14-15,17,19H,5-13H2,1-4H3. The Bertz CT molecular complexity index is 235. The Hall–Kier alpha value is -0.120. The lowest BCUT2D eigenvalue weighted by Crippen LogP contribution is -2.45. The van der Waals surface area contributed by atoms with Gasteiger partial charge in [0.2, 0.25) is 0 Å². The average Bonchev–Trinajstić information content (AvgIpc) is 2.36. The molecule has 0 heterocycles. The molecule has 19 heavy (non-hydrogen) atoms. The maximum absolute atomic E-state index is 9.37. The molecule has 1 aliphatic rings. The van der Waals surface area contributed by atoms with Crippen LogP contribution in [-0.2, 0) is 0 Å². The summed E-state index contributed by atoms with van der Waals surface area (Å²) in [7, 11) is 2.24. The number of hydrogen-bond acceptors (Lipinski definition) is 3. The van der Waals surface area contributed by atoms with E-state index in [0.29, 0.717) is 5.41 Å². The first-order valence-corrected chi connectivity index (χ1v) is 8.12. The second-order valence-electron chi connectivity index (χ2n) is 6.57. The highest BCUT2D eigenvalue weighted by Gasteiger charge is 2.31. The van der Waals surface area contributed by atoms with Gasteiger partial charge in [-0.1, -0.05) is 20.8 Å². The van der Waals surface area contributed by atoms with Crippen LogP contribution in [0.2, 0.25) is 0 Å². The molecule has 1 rings (SSSR count). The molecule has 3 heteroatoms. The first kappa shape index (κ1) is 16.9. The first-order valence-electron chi connectivity index (χ1n) is 8.12. The van der Waals surface area contributed by atoms with Gasteiger partial charge in [0.15, 0.2) is 0 Å². The van der Waals surface area contributed by atoms with Gasteiger partial charge in [0, 0.05) is 19.6 Å². The summed E-state index contributed by atoms with van der Waals surface area (Å²) in [5.41, 5.74) is 0.409. The highest BCUT2D eigenvalue weighted by atomic mass is 16.3. The van der Waals surface area contributed by atoms with Gasteiger partial charge in [0.1, 0.15) is 0 Å². The quantitative estimate of drug-likeness (QED) is 0.599. The van der Waals surface area contributed by atoms with Crippen LogP contribution in [0.4, 0.5) is 0 Å². The monoisotopic (exact) mass is 270 g/mol. The zero-order valence-corrected chi connectivity index (χ0v) is 13.4. The molecule has 0 aromatic heterocycles. The van der Waals surface area contributed by atoms with Gasteiger partial charge in [-0.05, 0) is 57.0 Å². The Kier molecular flexibility index (Phi) is 7.33. The van der Waals surface area contributed by atoms with E-state index < -0.39 is 0 Å². The van der Waals surface area contributed by atoms with Crippen LogP contribution in [0.3, 0.4) is 0 Å². The van der Waals surface area contributed by atoms with Crippen molar-refractivity contribution in [3.63, 3.8) is 0 Å². The fourth-order valence-electron chi connectivity index (χ4n) is 3.24. The lowest BCUT2D eigenvalue weighted by Gasteiger charge is -2.40. The van der Waals surface area contributed by atoms with E-state index in [-0.39, 0.29) is 6.10 Å². The molecule has 0 atom stereocenters. The summed E-state index contributed by atoms with van der Waals surface area (Å²) in [4.78, 5) is 2.48. The number of aliphatic hydroxyl groups is 1. The van der Waals surface area contributed by atoms with Crippen LogP contribution in [-0.4, -0.2) is 49.3 Å². The van der Waals surface area contributed by atoms with Crippen LogP contribution in [0.5, 0.6) is 0 Å². The van der Waals surface area contributed by atoms with Gasteiger partial charge in [-0.2, -0.15) is 0 Å². The molecule has 0 aliphatic heterocycles. The third kappa shape index (κ3) is 5.41. The summed E-state index contributed by atoms with van der Waals surface area (Å²) in [6.07, 6.45) is 5.66. The zero-order chi connectivity index (χ0) is 14.3. The van der Waals surface area contributed by atoms with Crippen molar-refractivity contribution in [1.82, 2.24) is 10.2 Å². The molecule has 0 bridgehead atoms. The van der Waals surface area contributed by atoms with E-state index >= 15 is 0 Å². The number of nitrogens with one attached hydrogen (secondary N) is 1. The van der Waals surface area contributed by atoms with Crippen LogP contribution in [0.15, 0.2) is 0 Å². The molecule has 114 valence electrons. The molecule has 0 aromatic rings. The lowest BCUT2D eigenvalue weighted by atomic mass is 9.79. The van der Waals surface area contributed by atoms with E-state index in [4.69, 9.17) is 0 Å². The SMILES string of the molecule is CCCNCC(CC)(CC)CN(C)CC1CC(O)C1. The molecule has 1 saturated carbocycles. The number of nitrogens with zero attached hydrogens (tertiary/aromatic N) is 1. The van der Waals surface area contributed by atoms with Gasteiger partial charge in [0.05, 0.1) is 6.10 Å². The van der Waals surface area contributed by atoms with Crippen LogP contribution in [0, 0.1) is 11.3 Å². The Morgan fingerprint density at radius 3 is 2.32 bits per heavy atom. The van der Waals surface area contributed by atoms with Crippen LogP contribution >= 0.6 is 0 Å². The number of hydrogen-bond donors (Lipinski definition) is 2. The Labute approximate surface area is 119 Å². The fraction of sp³-hybridized carbons (Fsp3) is 1.00. The smallest absolute Gasteiger partial charge is 0.0546 e. The van der Waals surface area contributed by atoms with Gasteiger partial charge in [-0.15, -0.1) is 0 Å². The molecule has 0 amide bonds. The molecule has 0 radical (unpaired) electrons. The summed E-state index contributed by atoms with van der Waals surface area (Å²) < 4.78 is 0. The maximum Gasteiger partial charge on any atom is 0.0546 e. The molecule has 2 N–H and O–H groups in total. The van der Waals surface area contributed by atoms with Crippen molar-refractivity contribution in [3.05, 3.63) is 0 Å². The van der Waals surface area contributed by atoms with E-state index in [1.807, 2.05) is 0 Å². The average molecular weight is 270 g/mol. The molecular formula is C16H34N2O. The third-order valence-electron chi connectivity index (χ3n) is 4.81. The second-order valence-corrected chi connectivity index (χ2v) is 6.57. The summed E-state index contributed by atoms with van der Waals surface area (Å²) in [6.45, 7) is 11.4. The number of aliphatic hydroxyl groups excluding tert-OH is 1. The minimum atomic E-state index is -0.0215. The highest BCUT2D eigenvalue weighted by molar-refractivity contribution is 4.85. The summed E-state index contributed by atoms with van der Waals surface area (Å²) in [5, 5.41) is 13.0. The molecule has 1 fully saturated rings. The van der Waals surface area contributed by atoms with E-state index in [1.54, 1.807) is 0 Å². The van der Waals surface area contributed by atoms with E-state index in [9.17, 15) is 5.11 Å². The van der Waals surface area contributed by atoms with Gasteiger partial charge in [-0.3, -0.25) is 0 Å². The highest BCUT2D eigenvalue weighted by Crippen LogP contribution is 2.30. The maximum atomic E-state index is 9.37. The minimum Gasteiger partial charge on any atom is -0.393 e. The normalized spacial score (nSPS) is 23.7. The van der Waals surface area contributed by atoms with Crippen molar-refractivity contribution >= 4 is 0 Å². The number of rotatable bonds is 10. The molecule has 3 nitrogen and oxygen atoms in total. The van der Waals surface area contributed by atoms with Gasteiger partial charge in [0.25, 0.3) is 0 Å². The van der Waals surface area contributed by atoms with E-state index in [1.165, 1.54) is 25.8 Å². The molecular weight excluding hydrogens is 236 g/mol. The van der Waals surface area contributed by atoms with Crippen molar-refractivity contribution < 1.29 is 5.11 Å². The minimum absolute atomic E-state index is 0.0215. The Morgan fingerprint density at radius 1 is 1.21 bits per heavy atom. The predicted octanol–water partition coefficient (Wildman–Crippen LogP) is 2.50. The topological polar surface area (TPSA) is 35.5 Å². The van der Waals surface area contributed by atoms with Crippen molar-refractivity contribution in [2.45, 2.75) is 59.0 Å². The van der Waals surface area contributed by atoms with Gasteiger partial charge >= 0.3 is 0 Å². The Balaban J connectivity index is 2.37. The van der Waals surface area contributed by atoms with E-state index in [0.717, 1.165) is 38.4 Å². The van der Waals surface area contributed by atoms with Crippen LogP contribution < -0.4 is 5.32 Å². The van der Waals surface area contributed by atoms with E-state index in [2.05, 4.69) is 38.0 Å². The van der Waals surface area contributed by atoms with Gasteiger partial charge in [-0.25, -0.2) is 0 Å². The Morgan fingerprint density at radius 2 is 1.84 bits per heavy atom. The van der Waals surface area contributed by atoms with Crippen LogP contribution in [0.1, 0.15) is 52.9 Å². The van der Waals surface area contributed by atoms with Crippen molar-refractivity contribution in [3.8, 4) is 0 Å². The predicted molar refractivity (Wildman–Crippen MR) is 82.4 cm³/mol. The van der Waals surface area contributed by atoms with Crippen molar-refractivity contribution in [2.75, 3.05) is 33.2 Å². The molecule has 0 aromatic carbocycles. The molecule has 0 saturated heterocycles. The van der Waals surface area contributed by atoms with Crippen molar-refractivity contribution in [1.29, 1.82) is 0 Å². The molecule has 0 unspecified atom stereocenters. The van der Waals surface area contributed by atoms with Gasteiger partial charge < -0.3 is 15.3 Å². The summed E-state index contributed by atoms with van der Waals surface area (Å²) >= 11 is 0. The lowest BCUT2D eigenvalue weighted by molar-refractivity contribution is 0.0208. The molecule has 1 aliphatic carbocycles. The first-order chi connectivity index (χ1) is 9.05. The summed E-state index contributed by atoms with van der Waals surface area (Å²) in [6, 6.07) is 0. The fourth-order valence-corrected chi connectivity index (χ4v) is 3.24.